The van der Waals surface area contributed by atoms with Crippen LogP contribution in [0.25, 0.3) is 10.2 Å². The van der Waals surface area contributed by atoms with E-state index in [1.54, 1.807) is 6.07 Å². The Balaban J connectivity index is 1.31. The minimum atomic E-state index is -4.24. The largest absolute Gasteiger partial charge is 0.393 e. The van der Waals surface area contributed by atoms with Gasteiger partial charge in [0.15, 0.2) is 5.67 Å². The highest BCUT2D eigenvalue weighted by Gasteiger charge is 2.56. The number of nitrogens with zero attached hydrogens (tertiary/aromatic N) is 4. The van der Waals surface area contributed by atoms with Crippen molar-refractivity contribution in [1.29, 1.82) is 0 Å². The van der Waals surface area contributed by atoms with Crippen molar-refractivity contribution in [3.05, 3.63) is 17.3 Å². The fraction of sp³-hybridized carbons (Fsp3) is 0.714. The summed E-state index contributed by atoms with van der Waals surface area (Å²) in [7, 11) is 0. The van der Waals surface area contributed by atoms with Gasteiger partial charge < -0.3 is 10.2 Å². The number of likely N-dealkylation sites (tertiary alicyclic amines) is 1. The quantitative estimate of drug-likeness (QED) is 0.695. The highest BCUT2D eigenvalue weighted by Crippen LogP contribution is 2.46. The number of anilines is 1. The Hall–Kier alpha value is -1.52. The first-order chi connectivity index (χ1) is 14.6. The first kappa shape index (κ1) is 21.3. The lowest BCUT2D eigenvalue weighted by atomic mass is 9.73. The van der Waals surface area contributed by atoms with Crippen LogP contribution in [0.4, 0.5) is 23.4 Å². The topological polar surface area (TPSA) is 44.3 Å². The zero-order valence-corrected chi connectivity index (χ0v) is 18.5. The molecule has 1 N–H and O–H groups in total. The molecular formula is C21H27F4N5S. The van der Waals surface area contributed by atoms with Crippen LogP contribution in [0.1, 0.15) is 25.1 Å². The summed E-state index contributed by atoms with van der Waals surface area (Å²) < 4.78 is 53.7. The van der Waals surface area contributed by atoms with E-state index in [1.807, 2.05) is 0 Å². The summed E-state index contributed by atoms with van der Waals surface area (Å²) in [5, 5.41) is 3.77. The van der Waals surface area contributed by atoms with Crippen LogP contribution in [-0.2, 0) is 6.42 Å². The number of nitrogens with one attached hydrogen (secondary N) is 1. The monoisotopic (exact) mass is 457 g/mol. The van der Waals surface area contributed by atoms with Gasteiger partial charge in [0, 0.05) is 55.6 Å². The Morgan fingerprint density at radius 3 is 2.55 bits per heavy atom. The molecule has 0 aromatic carbocycles. The molecule has 170 valence electrons. The molecule has 5 heterocycles. The molecule has 10 heteroatoms. The average molecular weight is 458 g/mol. The lowest BCUT2D eigenvalue weighted by Gasteiger charge is -2.57. The Bertz CT molecular complexity index is 964. The second-order valence-corrected chi connectivity index (χ2v) is 10.9. The number of aromatic nitrogens is 2. The van der Waals surface area contributed by atoms with Crippen molar-refractivity contribution in [2.75, 3.05) is 44.2 Å². The van der Waals surface area contributed by atoms with Gasteiger partial charge in [0.25, 0.3) is 0 Å². The molecule has 3 saturated heterocycles. The maximum absolute atomic E-state index is 15.2. The first-order valence-corrected chi connectivity index (χ1v) is 11.6. The van der Waals surface area contributed by atoms with E-state index < -0.39 is 18.3 Å². The third-order valence-electron chi connectivity index (χ3n) is 6.94. The lowest BCUT2D eigenvalue weighted by molar-refractivity contribution is -0.126. The first-order valence-electron chi connectivity index (χ1n) is 10.8. The minimum Gasteiger partial charge on any atom is -0.355 e. The molecule has 0 aliphatic carbocycles. The number of alkyl halides is 4. The summed E-state index contributed by atoms with van der Waals surface area (Å²) >= 11 is 1.08. The Morgan fingerprint density at radius 2 is 1.94 bits per heavy atom. The molecule has 0 amide bonds. The smallest absolute Gasteiger partial charge is 0.355 e. The summed E-state index contributed by atoms with van der Waals surface area (Å²) in [5.74, 6) is 0.955. The lowest BCUT2D eigenvalue weighted by Crippen LogP contribution is -2.73. The predicted octanol–water partition coefficient (Wildman–Crippen LogP) is 3.64. The van der Waals surface area contributed by atoms with E-state index in [4.69, 9.17) is 0 Å². The molecule has 3 fully saturated rings. The van der Waals surface area contributed by atoms with Crippen LogP contribution < -0.4 is 10.2 Å². The Morgan fingerprint density at radius 1 is 1.19 bits per heavy atom. The van der Waals surface area contributed by atoms with Crippen molar-refractivity contribution < 1.29 is 17.6 Å². The Labute approximate surface area is 182 Å². The molecule has 0 saturated carbocycles. The van der Waals surface area contributed by atoms with Crippen LogP contribution in [0.2, 0.25) is 0 Å². The van der Waals surface area contributed by atoms with Gasteiger partial charge in [-0.15, -0.1) is 11.3 Å². The van der Waals surface area contributed by atoms with E-state index >= 15 is 4.39 Å². The summed E-state index contributed by atoms with van der Waals surface area (Å²) in [6.45, 7) is 8.32. The van der Waals surface area contributed by atoms with Gasteiger partial charge in [-0.2, -0.15) is 13.2 Å². The van der Waals surface area contributed by atoms with E-state index in [9.17, 15) is 13.2 Å². The minimum absolute atomic E-state index is 0.0824. The molecule has 0 radical (unpaired) electrons. The summed E-state index contributed by atoms with van der Waals surface area (Å²) in [6.07, 6.45) is -2.76. The van der Waals surface area contributed by atoms with Gasteiger partial charge in [-0.1, -0.05) is 13.8 Å². The molecule has 5 nitrogen and oxygen atoms in total. The molecule has 0 unspecified atom stereocenters. The predicted molar refractivity (Wildman–Crippen MR) is 113 cm³/mol. The highest BCUT2D eigenvalue weighted by atomic mass is 32.1. The van der Waals surface area contributed by atoms with Crippen LogP contribution in [0.15, 0.2) is 12.4 Å². The number of hydrogen-bond acceptors (Lipinski definition) is 6. The SMILES string of the molecule is CC(C)[C@@H](N1CC2(CCN(c3ncnc4sc(CC(F)(F)F)cc34)C2)C1)C1(F)CNC1. The molecule has 31 heavy (non-hydrogen) atoms. The molecule has 1 atom stereocenters. The standard InChI is InChI=1S/C21H27F4N5S/c1-13(2)16(20(22)7-26-8-20)30-10-19(11-30)3-4-29(9-19)17-15-5-14(6-21(23,24)25)31-18(15)28-12-27-17/h5,12-13,16,26H,3-4,6-11H2,1-2H3/t16-/m1/s1. The zero-order valence-electron chi connectivity index (χ0n) is 17.7. The third-order valence-corrected chi connectivity index (χ3v) is 7.98. The normalized spacial score (nSPS) is 24.0. The van der Waals surface area contributed by atoms with E-state index in [0.717, 1.165) is 49.8 Å². The van der Waals surface area contributed by atoms with Crippen LogP contribution in [0, 0.1) is 11.3 Å². The van der Waals surface area contributed by atoms with Gasteiger partial charge >= 0.3 is 6.18 Å². The van der Waals surface area contributed by atoms with Gasteiger partial charge in [0.2, 0.25) is 0 Å². The molecule has 3 aliphatic heterocycles. The third kappa shape index (κ3) is 3.80. The van der Waals surface area contributed by atoms with Crippen molar-refractivity contribution in [2.45, 2.75) is 44.6 Å². The molecular weight excluding hydrogens is 430 g/mol. The second-order valence-electron chi connectivity index (χ2n) is 9.82. The van der Waals surface area contributed by atoms with E-state index in [0.29, 0.717) is 23.3 Å². The number of fused-ring (bicyclic) bond motifs is 1. The molecule has 2 aromatic heterocycles. The van der Waals surface area contributed by atoms with Crippen molar-refractivity contribution in [1.82, 2.24) is 20.2 Å². The molecule has 3 aliphatic rings. The fourth-order valence-electron chi connectivity index (χ4n) is 5.73. The maximum Gasteiger partial charge on any atom is 0.393 e. The van der Waals surface area contributed by atoms with Gasteiger partial charge in [-0.3, -0.25) is 4.90 Å². The van der Waals surface area contributed by atoms with Gasteiger partial charge in [0.05, 0.1) is 11.8 Å². The summed E-state index contributed by atoms with van der Waals surface area (Å²) in [6, 6.07) is 1.51. The summed E-state index contributed by atoms with van der Waals surface area (Å²) in [4.78, 5) is 13.9. The second kappa shape index (κ2) is 7.25. The van der Waals surface area contributed by atoms with Crippen molar-refractivity contribution in [3.63, 3.8) is 0 Å². The van der Waals surface area contributed by atoms with Crippen LogP contribution >= 0.6 is 11.3 Å². The van der Waals surface area contributed by atoms with Gasteiger partial charge in [0.1, 0.15) is 17.0 Å². The van der Waals surface area contributed by atoms with E-state index in [2.05, 4.69) is 38.9 Å². The average Bonchev–Trinajstić information content (AvgIpc) is 3.21. The molecule has 5 rings (SSSR count). The number of halogens is 4. The number of rotatable bonds is 5. The molecule has 1 spiro atoms. The summed E-state index contributed by atoms with van der Waals surface area (Å²) in [5.41, 5.74) is -1.05. The van der Waals surface area contributed by atoms with Crippen molar-refractivity contribution >= 4 is 27.4 Å². The Kier molecular flexibility index (Phi) is 4.99. The van der Waals surface area contributed by atoms with Gasteiger partial charge in [-0.05, 0) is 18.4 Å². The highest BCUT2D eigenvalue weighted by molar-refractivity contribution is 7.18. The van der Waals surface area contributed by atoms with E-state index in [-0.39, 0.29) is 22.3 Å². The number of thiophene rings is 1. The van der Waals surface area contributed by atoms with Crippen LogP contribution in [0.3, 0.4) is 0 Å². The zero-order chi connectivity index (χ0) is 22.0. The van der Waals surface area contributed by atoms with Crippen molar-refractivity contribution in [3.8, 4) is 0 Å². The molecule has 2 aromatic rings. The molecule has 0 bridgehead atoms. The van der Waals surface area contributed by atoms with Crippen molar-refractivity contribution in [2.24, 2.45) is 11.3 Å². The van der Waals surface area contributed by atoms with Gasteiger partial charge in [-0.25, -0.2) is 14.4 Å². The van der Waals surface area contributed by atoms with E-state index in [1.165, 1.54) is 6.33 Å². The number of hydrogen-bond donors (Lipinski definition) is 1. The maximum atomic E-state index is 15.2. The van der Waals surface area contributed by atoms with Crippen LogP contribution in [-0.4, -0.2) is 72.0 Å². The van der Waals surface area contributed by atoms with Crippen LogP contribution in [0.5, 0.6) is 0 Å². The fourth-order valence-corrected chi connectivity index (χ4v) is 6.76.